The standard InChI is InChI=1S/C23H16FN3O5/c24-15-6-5-7-16(14-15)25(23(30)19-10-3-4-11-20(19)27(31)32)12-13-26-21(28)17-8-1-2-9-18(17)22(26)29/h1-11,14H,12-13H2. The lowest BCUT2D eigenvalue weighted by Crippen LogP contribution is -2.41. The maximum absolute atomic E-state index is 13.9. The molecule has 1 heterocycles. The number of nitrogens with zero attached hydrogens (tertiary/aromatic N) is 3. The number of hydrogen-bond acceptors (Lipinski definition) is 5. The van der Waals surface area contributed by atoms with Crippen LogP contribution in [-0.2, 0) is 0 Å². The molecule has 3 aromatic rings. The monoisotopic (exact) mass is 433 g/mol. The minimum Gasteiger partial charge on any atom is -0.306 e. The molecule has 160 valence electrons. The largest absolute Gasteiger partial charge is 0.306 e. The number of fused-ring (bicyclic) bond motifs is 1. The molecule has 0 atom stereocenters. The number of halogens is 1. The normalized spacial score (nSPS) is 12.6. The van der Waals surface area contributed by atoms with Gasteiger partial charge >= 0.3 is 0 Å². The third-order valence-corrected chi connectivity index (χ3v) is 5.12. The van der Waals surface area contributed by atoms with Crippen molar-refractivity contribution < 1.29 is 23.7 Å². The Morgan fingerprint density at radius 3 is 2.19 bits per heavy atom. The number of nitro benzene ring substituents is 1. The quantitative estimate of drug-likeness (QED) is 0.335. The zero-order valence-corrected chi connectivity index (χ0v) is 16.6. The highest BCUT2D eigenvalue weighted by Gasteiger charge is 2.36. The molecule has 0 aliphatic carbocycles. The fourth-order valence-electron chi connectivity index (χ4n) is 3.59. The molecule has 0 fully saturated rings. The van der Waals surface area contributed by atoms with E-state index in [1.54, 1.807) is 24.3 Å². The first kappa shape index (κ1) is 20.9. The zero-order valence-electron chi connectivity index (χ0n) is 16.6. The lowest BCUT2D eigenvalue weighted by atomic mass is 10.1. The van der Waals surface area contributed by atoms with Crippen LogP contribution >= 0.6 is 0 Å². The third kappa shape index (κ3) is 3.71. The van der Waals surface area contributed by atoms with Gasteiger partial charge in [-0.05, 0) is 36.4 Å². The number of nitro groups is 1. The van der Waals surface area contributed by atoms with Gasteiger partial charge in [0.1, 0.15) is 11.4 Å². The molecule has 3 aromatic carbocycles. The van der Waals surface area contributed by atoms with Crippen LogP contribution in [0.3, 0.4) is 0 Å². The van der Waals surface area contributed by atoms with E-state index in [1.165, 1.54) is 42.5 Å². The van der Waals surface area contributed by atoms with E-state index >= 15 is 0 Å². The Balaban J connectivity index is 1.66. The van der Waals surface area contributed by atoms with Crippen LogP contribution < -0.4 is 4.90 Å². The Labute approximate surface area is 181 Å². The van der Waals surface area contributed by atoms with Crippen molar-refractivity contribution >= 4 is 29.1 Å². The van der Waals surface area contributed by atoms with Gasteiger partial charge in [-0.1, -0.05) is 30.3 Å². The van der Waals surface area contributed by atoms with Gasteiger partial charge in [0.05, 0.1) is 16.1 Å². The van der Waals surface area contributed by atoms with Crippen LogP contribution in [0.4, 0.5) is 15.8 Å². The van der Waals surface area contributed by atoms with Crippen LogP contribution in [0.15, 0.2) is 72.8 Å². The molecule has 0 unspecified atom stereocenters. The van der Waals surface area contributed by atoms with E-state index in [0.717, 1.165) is 15.9 Å². The Morgan fingerprint density at radius 2 is 1.56 bits per heavy atom. The summed E-state index contributed by atoms with van der Waals surface area (Å²) >= 11 is 0. The van der Waals surface area contributed by atoms with Gasteiger partial charge in [0.15, 0.2) is 0 Å². The average molecular weight is 433 g/mol. The Hall–Kier alpha value is -4.40. The molecule has 0 N–H and O–H groups in total. The fraction of sp³-hybridized carbons (Fsp3) is 0.0870. The summed E-state index contributed by atoms with van der Waals surface area (Å²) in [7, 11) is 0. The Morgan fingerprint density at radius 1 is 0.938 bits per heavy atom. The van der Waals surface area contributed by atoms with E-state index in [4.69, 9.17) is 0 Å². The fourth-order valence-corrected chi connectivity index (χ4v) is 3.59. The van der Waals surface area contributed by atoms with Gasteiger partial charge in [0, 0.05) is 24.8 Å². The Kier molecular flexibility index (Phi) is 5.46. The van der Waals surface area contributed by atoms with Gasteiger partial charge in [0.25, 0.3) is 23.4 Å². The molecule has 8 nitrogen and oxygen atoms in total. The summed E-state index contributed by atoms with van der Waals surface area (Å²) in [5, 5.41) is 11.4. The smallest absolute Gasteiger partial charge is 0.282 e. The van der Waals surface area contributed by atoms with E-state index in [-0.39, 0.29) is 35.5 Å². The van der Waals surface area contributed by atoms with Crippen molar-refractivity contribution in [1.29, 1.82) is 0 Å². The van der Waals surface area contributed by atoms with Crippen molar-refractivity contribution in [3.05, 3.63) is 105 Å². The molecule has 0 saturated carbocycles. The van der Waals surface area contributed by atoms with Gasteiger partial charge in [-0.3, -0.25) is 29.4 Å². The van der Waals surface area contributed by atoms with Crippen LogP contribution in [0.2, 0.25) is 0 Å². The maximum Gasteiger partial charge on any atom is 0.282 e. The molecule has 0 bridgehead atoms. The van der Waals surface area contributed by atoms with Gasteiger partial charge in [0.2, 0.25) is 0 Å². The number of imide groups is 1. The summed E-state index contributed by atoms with van der Waals surface area (Å²) in [6.45, 7) is -0.352. The van der Waals surface area contributed by atoms with Crippen molar-refractivity contribution in [3.63, 3.8) is 0 Å². The van der Waals surface area contributed by atoms with Crippen molar-refractivity contribution in [1.82, 2.24) is 4.90 Å². The van der Waals surface area contributed by atoms with E-state index in [2.05, 4.69) is 0 Å². The highest BCUT2D eigenvalue weighted by Crippen LogP contribution is 2.26. The molecule has 0 aromatic heterocycles. The predicted molar refractivity (Wildman–Crippen MR) is 113 cm³/mol. The highest BCUT2D eigenvalue weighted by molar-refractivity contribution is 6.21. The number of anilines is 1. The molecule has 32 heavy (non-hydrogen) atoms. The van der Waals surface area contributed by atoms with Crippen molar-refractivity contribution in [2.75, 3.05) is 18.0 Å². The molecule has 0 spiro atoms. The average Bonchev–Trinajstić information content (AvgIpc) is 3.04. The lowest BCUT2D eigenvalue weighted by molar-refractivity contribution is -0.385. The summed E-state index contributed by atoms with van der Waals surface area (Å²) < 4.78 is 13.9. The first-order valence-corrected chi connectivity index (χ1v) is 9.64. The van der Waals surface area contributed by atoms with Gasteiger partial charge in [-0.2, -0.15) is 0 Å². The molecular formula is C23H16FN3O5. The summed E-state index contributed by atoms with van der Waals surface area (Å²) in [5.74, 6) is -2.35. The molecule has 3 amide bonds. The summed E-state index contributed by atoms with van der Waals surface area (Å²) in [4.78, 5) is 51.4. The van der Waals surface area contributed by atoms with Crippen molar-refractivity contribution in [3.8, 4) is 0 Å². The van der Waals surface area contributed by atoms with Crippen molar-refractivity contribution in [2.45, 2.75) is 0 Å². The second-order valence-electron chi connectivity index (χ2n) is 7.02. The van der Waals surface area contributed by atoms with Crippen LogP contribution in [-0.4, -0.2) is 40.6 Å². The predicted octanol–water partition coefficient (Wildman–Crippen LogP) is 3.68. The van der Waals surface area contributed by atoms with E-state index in [9.17, 15) is 28.9 Å². The number of para-hydroxylation sites is 1. The number of carbonyl (C=O) groups is 3. The first-order chi connectivity index (χ1) is 15.4. The molecule has 9 heteroatoms. The lowest BCUT2D eigenvalue weighted by Gasteiger charge is -2.25. The summed E-state index contributed by atoms with van der Waals surface area (Å²) in [6, 6.07) is 16.9. The second-order valence-corrected chi connectivity index (χ2v) is 7.02. The number of carbonyl (C=O) groups excluding carboxylic acids is 3. The second kappa shape index (κ2) is 8.38. The molecule has 0 saturated heterocycles. The minimum atomic E-state index is -0.750. The minimum absolute atomic E-state index is 0.143. The van der Waals surface area contributed by atoms with Gasteiger partial charge in [-0.15, -0.1) is 0 Å². The van der Waals surface area contributed by atoms with E-state index in [0.29, 0.717) is 0 Å². The number of benzene rings is 3. The third-order valence-electron chi connectivity index (χ3n) is 5.12. The molecular weight excluding hydrogens is 417 g/mol. The van der Waals surface area contributed by atoms with Crippen molar-refractivity contribution in [2.24, 2.45) is 0 Å². The van der Waals surface area contributed by atoms with Gasteiger partial charge in [-0.25, -0.2) is 4.39 Å². The number of rotatable bonds is 6. The SMILES string of the molecule is O=C1c2ccccc2C(=O)N1CCN(C(=O)c1ccccc1[N+](=O)[O-])c1cccc(F)c1. The number of amides is 3. The first-order valence-electron chi connectivity index (χ1n) is 9.64. The zero-order chi connectivity index (χ0) is 22.8. The van der Waals surface area contributed by atoms with Crippen LogP contribution in [0.25, 0.3) is 0 Å². The molecule has 0 radical (unpaired) electrons. The molecule has 1 aliphatic heterocycles. The highest BCUT2D eigenvalue weighted by atomic mass is 19.1. The van der Waals surface area contributed by atoms with E-state index in [1.807, 2.05) is 0 Å². The van der Waals surface area contributed by atoms with Crippen LogP contribution in [0, 0.1) is 15.9 Å². The van der Waals surface area contributed by atoms with Crippen LogP contribution in [0.1, 0.15) is 31.1 Å². The van der Waals surface area contributed by atoms with Gasteiger partial charge < -0.3 is 4.90 Å². The topological polar surface area (TPSA) is 101 Å². The summed E-state index contributed by atoms with van der Waals surface area (Å²) in [6.07, 6.45) is 0. The number of hydrogen-bond donors (Lipinski definition) is 0. The van der Waals surface area contributed by atoms with E-state index < -0.39 is 34.1 Å². The summed E-state index contributed by atoms with van der Waals surface area (Å²) in [5.41, 5.74) is 0.0770. The van der Waals surface area contributed by atoms with Crippen LogP contribution in [0.5, 0.6) is 0 Å². The maximum atomic E-state index is 13.9. The molecule has 1 aliphatic rings. The Bertz CT molecular complexity index is 1220. The molecule has 4 rings (SSSR count).